The Hall–Kier alpha value is -0.380. The lowest BCUT2D eigenvalue weighted by atomic mass is 9.94. The Kier molecular flexibility index (Phi) is 4.23. The maximum atomic E-state index is 3.66. The molecule has 0 radical (unpaired) electrons. The zero-order valence-electron chi connectivity index (χ0n) is 11.2. The van der Waals surface area contributed by atoms with Crippen LogP contribution in [0.15, 0.2) is 17.5 Å². The highest BCUT2D eigenvalue weighted by Gasteiger charge is 2.32. The number of rotatable bonds is 4. The Morgan fingerprint density at radius 3 is 2.94 bits per heavy atom. The predicted molar refractivity (Wildman–Crippen MR) is 75.6 cm³/mol. The lowest BCUT2D eigenvalue weighted by Crippen LogP contribution is -2.58. The third-order valence-electron chi connectivity index (χ3n) is 3.98. The van der Waals surface area contributed by atoms with E-state index in [9.17, 15) is 0 Å². The highest BCUT2D eigenvalue weighted by molar-refractivity contribution is 7.10. The molecule has 0 amide bonds. The van der Waals surface area contributed by atoms with E-state index in [4.69, 9.17) is 0 Å². The first kappa shape index (κ1) is 13.1. The van der Waals surface area contributed by atoms with Gasteiger partial charge in [-0.25, -0.2) is 0 Å². The first-order chi connectivity index (χ1) is 8.18. The quantitative estimate of drug-likeness (QED) is 0.885. The smallest absolute Gasteiger partial charge is 0.0440 e. The Morgan fingerprint density at radius 1 is 1.53 bits per heavy atom. The maximum Gasteiger partial charge on any atom is 0.0440 e. The Morgan fingerprint density at radius 2 is 2.35 bits per heavy atom. The van der Waals surface area contributed by atoms with Crippen molar-refractivity contribution in [3.05, 3.63) is 22.4 Å². The Bertz CT molecular complexity index is 336. The minimum absolute atomic E-state index is 0.295. The van der Waals surface area contributed by atoms with Gasteiger partial charge in [0.05, 0.1) is 0 Å². The van der Waals surface area contributed by atoms with E-state index in [1.807, 2.05) is 11.3 Å². The molecule has 0 aliphatic carbocycles. The molecular weight excluding hydrogens is 228 g/mol. The van der Waals surface area contributed by atoms with E-state index in [0.29, 0.717) is 11.6 Å². The van der Waals surface area contributed by atoms with Gasteiger partial charge >= 0.3 is 0 Å². The van der Waals surface area contributed by atoms with Gasteiger partial charge in [-0.3, -0.25) is 4.90 Å². The zero-order valence-corrected chi connectivity index (χ0v) is 12.0. The molecule has 2 nitrogen and oxygen atoms in total. The molecule has 2 rings (SSSR count). The summed E-state index contributed by atoms with van der Waals surface area (Å²) in [5, 5.41) is 5.85. The monoisotopic (exact) mass is 252 g/mol. The zero-order chi connectivity index (χ0) is 12.3. The van der Waals surface area contributed by atoms with E-state index in [1.54, 1.807) is 0 Å². The second-order valence-electron chi connectivity index (χ2n) is 5.25. The van der Waals surface area contributed by atoms with Crippen molar-refractivity contribution in [3.63, 3.8) is 0 Å². The number of hydrogen-bond donors (Lipinski definition) is 1. The van der Waals surface area contributed by atoms with E-state index < -0.39 is 0 Å². The number of thiophene rings is 1. The second kappa shape index (κ2) is 5.51. The predicted octanol–water partition coefficient (Wildman–Crippen LogP) is 3.27. The Labute approximate surface area is 109 Å². The van der Waals surface area contributed by atoms with Crippen molar-refractivity contribution in [3.8, 4) is 0 Å². The van der Waals surface area contributed by atoms with Crippen LogP contribution in [-0.4, -0.2) is 30.1 Å². The van der Waals surface area contributed by atoms with Gasteiger partial charge in [0.25, 0.3) is 0 Å². The maximum absolute atomic E-state index is 3.66. The average molecular weight is 252 g/mol. The molecule has 1 aromatic heterocycles. The van der Waals surface area contributed by atoms with Gasteiger partial charge in [0.15, 0.2) is 0 Å². The van der Waals surface area contributed by atoms with E-state index in [2.05, 4.69) is 48.5 Å². The molecule has 1 aromatic rings. The summed E-state index contributed by atoms with van der Waals surface area (Å²) in [6.07, 6.45) is 2.41. The third kappa shape index (κ3) is 2.90. The van der Waals surface area contributed by atoms with Crippen LogP contribution in [-0.2, 0) is 0 Å². The summed E-state index contributed by atoms with van der Waals surface area (Å²) < 4.78 is 0. The van der Waals surface area contributed by atoms with E-state index >= 15 is 0 Å². The van der Waals surface area contributed by atoms with Gasteiger partial charge in [-0.15, -0.1) is 11.3 Å². The molecule has 1 aliphatic rings. The van der Waals surface area contributed by atoms with Crippen LogP contribution >= 0.6 is 11.3 Å². The Balaban J connectivity index is 2.10. The topological polar surface area (TPSA) is 15.3 Å². The van der Waals surface area contributed by atoms with Crippen LogP contribution in [0.2, 0.25) is 0 Å². The lowest BCUT2D eigenvalue weighted by Gasteiger charge is -2.44. The van der Waals surface area contributed by atoms with E-state index in [1.165, 1.54) is 30.8 Å². The molecule has 1 aliphatic heterocycles. The fourth-order valence-electron chi connectivity index (χ4n) is 2.71. The number of nitrogens with zero attached hydrogens (tertiary/aromatic N) is 1. The van der Waals surface area contributed by atoms with Gasteiger partial charge < -0.3 is 5.32 Å². The molecule has 0 aromatic carbocycles. The van der Waals surface area contributed by atoms with Gasteiger partial charge in [-0.05, 0) is 31.2 Å². The van der Waals surface area contributed by atoms with E-state index in [-0.39, 0.29) is 0 Å². The van der Waals surface area contributed by atoms with Crippen LogP contribution in [0, 0.1) is 0 Å². The van der Waals surface area contributed by atoms with Crippen LogP contribution in [0.4, 0.5) is 0 Å². The van der Waals surface area contributed by atoms with Gasteiger partial charge in [0.2, 0.25) is 0 Å². The summed E-state index contributed by atoms with van der Waals surface area (Å²) in [5.74, 6) is 0. The van der Waals surface area contributed by atoms with Crippen molar-refractivity contribution in [2.24, 2.45) is 0 Å². The van der Waals surface area contributed by atoms with Gasteiger partial charge in [0, 0.05) is 36.1 Å². The molecule has 2 heterocycles. The summed E-state index contributed by atoms with van der Waals surface area (Å²) in [4.78, 5) is 4.18. The average Bonchev–Trinajstić information content (AvgIpc) is 2.84. The highest BCUT2D eigenvalue weighted by Crippen LogP contribution is 2.30. The largest absolute Gasteiger partial charge is 0.309 e. The summed E-state index contributed by atoms with van der Waals surface area (Å²) in [7, 11) is 0. The normalized spacial score (nSPS) is 28.2. The molecule has 1 saturated heterocycles. The molecular formula is C14H24N2S. The van der Waals surface area contributed by atoms with Crippen LogP contribution in [0.1, 0.15) is 44.5 Å². The second-order valence-corrected chi connectivity index (χ2v) is 6.23. The number of nitrogens with one attached hydrogen (secondary N) is 1. The summed E-state index contributed by atoms with van der Waals surface area (Å²) in [5.41, 5.74) is 0.295. The lowest BCUT2D eigenvalue weighted by molar-refractivity contribution is 0.0967. The highest BCUT2D eigenvalue weighted by atomic mass is 32.1. The standard InChI is InChI=1S/C14H24N2S/c1-4-12(13-7-6-10-17-13)16-9-8-15-14(3,5-2)11-16/h6-7,10,12,15H,4-5,8-9,11H2,1-3H3. The molecule has 17 heavy (non-hydrogen) atoms. The summed E-state index contributed by atoms with van der Waals surface area (Å²) >= 11 is 1.89. The summed E-state index contributed by atoms with van der Waals surface area (Å²) in [6.45, 7) is 10.4. The van der Waals surface area contributed by atoms with Crippen molar-refractivity contribution >= 4 is 11.3 Å². The minimum atomic E-state index is 0.295. The van der Waals surface area contributed by atoms with E-state index in [0.717, 1.165) is 6.54 Å². The molecule has 0 bridgehead atoms. The first-order valence-corrected chi connectivity index (χ1v) is 7.59. The van der Waals surface area contributed by atoms with Crippen molar-refractivity contribution in [1.29, 1.82) is 0 Å². The fraction of sp³-hybridized carbons (Fsp3) is 0.714. The number of hydrogen-bond acceptors (Lipinski definition) is 3. The van der Waals surface area contributed by atoms with Crippen molar-refractivity contribution in [2.45, 2.75) is 45.2 Å². The van der Waals surface area contributed by atoms with Crippen LogP contribution in [0.25, 0.3) is 0 Å². The molecule has 0 spiro atoms. The molecule has 3 heteroatoms. The van der Waals surface area contributed by atoms with Crippen LogP contribution in [0.3, 0.4) is 0 Å². The van der Waals surface area contributed by atoms with Gasteiger partial charge in [-0.1, -0.05) is 19.9 Å². The molecule has 1 N–H and O–H groups in total. The van der Waals surface area contributed by atoms with Crippen molar-refractivity contribution in [1.82, 2.24) is 10.2 Å². The van der Waals surface area contributed by atoms with Crippen molar-refractivity contribution in [2.75, 3.05) is 19.6 Å². The van der Waals surface area contributed by atoms with Gasteiger partial charge in [-0.2, -0.15) is 0 Å². The molecule has 1 fully saturated rings. The van der Waals surface area contributed by atoms with Crippen molar-refractivity contribution < 1.29 is 0 Å². The molecule has 2 unspecified atom stereocenters. The van der Waals surface area contributed by atoms with Gasteiger partial charge in [0.1, 0.15) is 0 Å². The summed E-state index contributed by atoms with van der Waals surface area (Å²) in [6, 6.07) is 5.07. The SMILES string of the molecule is CCC(c1cccs1)N1CCNC(C)(CC)C1. The number of piperazine rings is 1. The molecule has 0 saturated carbocycles. The van der Waals surface area contributed by atoms with Crippen LogP contribution in [0.5, 0.6) is 0 Å². The molecule has 2 atom stereocenters. The fourth-order valence-corrected chi connectivity index (χ4v) is 3.65. The third-order valence-corrected chi connectivity index (χ3v) is 4.96. The minimum Gasteiger partial charge on any atom is -0.309 e. The molecule has 96 valence electrons. The van der Waals surface area contributed by atoms with Crippen LogP contribution < -0.4 is 5.32 Å². The first-order valence-electron chi connectivity index (χ1n) is 6.71.